The Balaban J connectivity index is 3.87. The molecule has 1 atom stereocenters. The fourth-order valence-corrected chi connectivity index (χ4v) is 1.22. The molecule has 0 fully saturated rings. The molecule has 2 N–H and O–H groups in total. The quantitative estimate of drug-likeness (QED) is 0.589. The summed E-state index contributed by atoms with van der Waals surface area (Å²) in [6, 6.07) is 0. The molecule has 0 heterocycles. The zero-order valence-corrected chi connectivity index (χ0v) is 6.72. The molecule has 0 aliphatic carbocycles. The summed E-state index contributed by atoms with van der Waals surface area (Å²) in [6.07, 6.45) is 0. The number of rotatable bonds is 3. The first-order valence-electron chi connectivity index (χ1n) is 2.76. The van der Waals surface area contributed by atoms with E-state index in [0.717, 1.165) is 6.92 Å². The van der Waals surface area contributed by atoms with Gasteiger partial charge in [-0.1, -0.05) is 6.92 Å². The summed E-state index contributed by atoms with van der Waals surface area (Å²) in [6.45, 7) is 2.98. The topological polar surface area (TPSA) is 75.6 Å². The minimum atomic E-state index is -3.85. The molecule has 0 amide bonds. The minimum absolute atomic E-state index is 0.279. The lowest BCUT2D eigenvalue weighted by molar-refractivity contribution is -0.132. The standard InChI is InChI=1S/C4H10NO4P/c1-3-5-10(7,8)9-4(2)6/h3H2,1-2H3,(H2,5,7,8). The predicted octanol–water partition coefficient (Wildman–Crippen LogP) is 0.259. The molecule has 0 rings (SSSR count). The summed E-state index contributed by atoms with van der Waals surface area (Å²) >= 11 is 0. The molecule has 0 aliphatic heterocycles. The molecule has 0 bridgehead atoms. The molecule has 0 spiro atoms. The molecule has 0 aromatic rings. The van der Waals surface area contributed by atoms with Crippen LogP contribution in [-0.4, -0.2) is 17.4 Å². The summed E-state index contributed by atoms with van der Waals surface area (Å²) in [5, 5.41) is 2.12. The molecule has 0 radical (unpaired) electrons. The van der Waals surface area contributed by atoms with Crippen LogP contribution in [0.3, 0.4) is 0 Å². The van der Waals surface area contributed by atoms with Crippen LogP contribution in [0.2, 0.25) is 0 Å². The van der Waals surface area contributed by atoms with E-state index >= 15 is 0 Å². The van der Waals surface area contributed by atoms with E-state index in [2.05, 4.69) is 9.61 Å². The molecule has 0 saturated carbocycles. The zero-order chi connectivity index (χ0) is 8.20. The largest absolute Gasteiger partial charge is 0.458 e. The Morgan fingerprint density at radius 1 is 1.80 bits per heavy atom. The molecular formula is C4H10NO4P. The van der Waals surface area contributed by atoms with Gasteiger partial charge in [-0.05, 0) is 0 Å². The van der Waals surface area contributed by atoms with E-state index in [4.69, 9.17) is 4.89 Å². The second kappa shape index (κ2) is 3.71. The lowest BCUT2D eigenvalue weighted by atomic mass is 10.8. The van der Waals surface area contributed by atoms with Crippen molar-refractivity contribution in [3.8, 4) is 0 Å². The Bertz CT molecular complexity index is 169. The first-order valence-corrected chi connectivity index (χ1v) is 4.34. The van der Waals surface area contributed by atoms with Crippen LogP contribution in [0.4, 0.5) is 0 Å². The van der Waals surface area contributed by atoms with Gasteiger partial charge < -0.3 is 9.42 Å². The normalized spacial score (nSPS) is 15.9. The molecule has 6 heteroatoms. The molecule has 0 saturated heterocycles. The predicted molar refractivity (Wildman–Crippen MR) is 35.3 cm³/mol. The van der Waals surface area contributed by atoms with Gasteiger partial charge in [-0.15, -0.1) is 0 Å². The van der Waals surface area contributed by atoms with Crippen molar-refractivity contribution >= 4 is 13.7 Å². The van der Waals surface area contributed by atoms with Crippen LogP contribution in [0, 0.1) is 0 Å². The second-order valence-corrected chi connectivity index (χ2v) is 3.15. The smallest absolute Gasteiger partial charge is 0.380 e. The highest BCUT2D eigenvalue weighted by Gasteiger charge is 2.19. The van der Waals surface area contributed by atoms with Gasteiger partial charge in [0.15, 0.2) is 0 Å². The van der Waals surface area contributed by atoms with Gasteiger partial charge in [0.1, 0.15) is 0 Å². The second-order valence-electron chi connectivity index (χ2n) is 1.61. The minimum Gasteiger partial charge on any atom is -0.380 e. The van der Waals surface area contributed by atoms with Gasteiger partial charge in [0.25, 0.3) is 0 Å². The lowest BCUT2D eigenvalue weighted by Crippen LogP contribution is -2.12. The average molecular weight is 167 g/mol. The molecule has 1 unspecified atom stereocenters. The Kier molecular flexibility index (Phi) is 3.57. The molecule has 0 aliphatic rings. The van der Waals surface area contributed by atoms with Crippen molar-refractivity contribution in [1.82, 2.24) is 5.09 Å². The Morgan fingerprint density at radius 2 is 2.30 bits per heavy atom. The SMILES string of the molecule is CCNP(=O)(O)OC(C)=O. The number of carbonyl (C=O) groups excluding carboxylic acids is 1. The Morgan fingerprint density at radius 3 is 2.60 bits per heavy atom. The van der Waals surface area contributed by atoms with Crippen LogP contribution < -0.4 is 5.09 Å². The van der Waals surface area contributed by atoms with Crippen LogP contribution in [-0.2, 0) is 13.9 Å². The highest BCUT2D eigenvalue weighted by atomic mass is 31.2. The summed E-state index contributed by atoms with van der Waals surface area (Å²) in [7, 11) is -3.85. The Hall–Kier alpha value is -0.380. The van der Waals surface area contributed by atoms with Crippen molar-refractivity contribution in [2.24, 2.45) is 0 Å². The highest BCUT2D eigenvalue weighted by molar-refractivity contribution is 7.51. The van der Waals surface area contributed by atoms with E-state index in [1.165, 1.54) is 0 Å². The first kappa shape index (κ1) is 9.62. The van der Waals surface area contributed by atoms with Gasteiger partial charge >= 0.3 is 13.7 Å². The van der Waals surface area contributed by atoms with Crippen molar-refractivity contribution in [1.29, 1.82) is 0 Å². The van der Waals surface area contributed by atoms with Crippen molar-refractivity contribution < 1.29 is 18.8 Å². The fourth-order valence-electron chi connectivity index (χ4n) is 0.406. The summed E-state index contributed by atoms with van der Waals surface area (Å²) in [4.78, 5) is 18.8. The zero-order valence-electron chi connectivity index (χ0n) is 5.83. The van der Waals surface area contributed by atoms with Gasteiger partial charge in [-0.2, -0.15) is 0 Å². The van der Waals surface area contributed by atoms with Gasteiger partial charge in [0, 0.05) is 13.5 Å². The maximum atomic E-state index is 10.6. The van der Waals surface area contributed by atoms with Crippen molar-refractivity contribution in [3.05, 3.63) is 0 Å². The van der Waals surface area contributed by atoms with E-state index in [1.807, 2.05) is 0 Å². The van der Waals surface area contributed by atoms with Crippen molar-refractivity contribution in [2.75, 3.05) is 6.54 Å². The van der Waals surface area contributed by atoms with Crippen LogP contribution in [0.5, 0.6) is 0 Å². The number of hydrogen-bond donors (Lipinski definition) is 2. The molecule has 5 nitrogen and oxygen atoms in total. The third-order valence-electron chi connectivity index (χ3n) is 0.610. The first-order chi connectivity index (χ1) is 4.48. The van der Waals surface area contributed by atoms with Crippen LogP contribution >= 0.6 is 7.75 Å². The Labute approximate surface area is 59.0 Å². The van der Waals surface area contributed by atoms with Crippen LogP contribution in [0.1, 0.15) is 13.8 Å². The van der Waals surface area contributed by atoms with E-state index in [9.17, 15) is 9.36 Å². The third kappa shape index (κ3) is 4.49. The maximum Gasteiger partial charge on any atom is 0.458 e. The van der Waals surface area contributed by atoms with Gasteiger partial charge in [0.2, 0.25) is 0 Å². The van der Waals surface area contributed by atoms with Crippen molar-refractivity contribution in [2.45, 2.75) is 13.8 Å². The molecular weight excluding hydrogens is 157 g/mol. The van der Waals surface area contributed by atoms with Crippen LogP contribution in [0.15, 0.2) is 0 Å². The van der Waals surface area contributed by atoms with E-state index < -0.39 is 13.7 Å². The summed E-state index contributed by atoms with van der Waals surface area (Å²) in [5.41, 5.74) is 0. The lowest BCUT2D eigenvalue weighted by Gasteiger charge is -2.08. The molecule has 0 aromatic carbocycles. The highest BCUT2D eigenvalue weighted by Crippen LogP contribution is 2.35. The fraction of sp³-hybridized carbons (Fsp3) is 0.750. The van der Waals surface area contributed by atoms with Gasteiger partial charge in [-0.3, -0.25) is 4.79 Å². The number of nitrogens with one attached hydrogen (secondary N) is 1. The van der Waals surface area contributed by atoms with E-state index in [0.29, 0.717) is 0 Å². The third-order valence-corrected chi connectivity index (χ3v) is 1.83. The molecule has 0 aromatic heterocycles. The van der Waals surface area contributed by atoms with Gasteiger partial charge in [0.05, 0.1) is 0 Å². The average Bonchev–Trinajstić information content (AvgIpc) is 1.59. The maximum absolute atomic E-state index is 10.6. The van der Waals surface area contributed by atoms with E-state index in [1.54, 1.807) is 6.92 Å². The van der Waals surface area contributed by atoms with Gasteiger partial charge in [-0.25, -0.2) is 9.65 Å². The number of hydrogen-bond acceptors (Lipinski definition) is 3. The van der Waals surface area contributed by atoms with E-state index in [-0.39, 0.29) is 6.54 Å². The molecule has 10 heavy (non-hydrogen) atoms. The monoisotopic (exact) mass is 167 g/mol. The molecule has 60 valence electrons. The van der Waals surface area contributed by atoms with Crippen molar-refractivity contribution in [3.63, 3.8) is 0 Å². The summed E-state index contributed by atoms with van der Waals surface area (Å²) in [5.74, 6) is -0.771. The number of carbonyl (C=O) groups is 1. The van der Waals surface area contributed by atoms with Crippen LogP contribution in [0.25, 0.3) is 0 Å². The summed E-state index contributed by atoms with van der Waals surface area (Å²) < 4.78 is 14.7.